The first-order valence-corrected chi connectivity index (χ1v) is 6.98. The molecule has 0 radical (unpaired) electrons. The van der Waals surface area contributed by atoms with Crippen molar-refractivity contribution in [3.8, 4) is 5.75 Å². The van der Waals surface area contributed by atoms with Gasteiger partial charge in [0.2, 0.25) is 0 Å². The van der Waals surface area contributed by atoms with E-state index in [2.05, 4.69) is 43.4 Å². The summed E-state index contributed by atoms with van der Waals surface area (Å²) >= 11 is 0. The molecule has 2 N–H and O–H groups in total. The lowest BCUT2D eigenvalue weighted by Gasteiger charge is -2.19. The summed E-state index contributed by atoms with van der Waals surface area (Å²) in [4.78, 5) is 0. The number of aromatic hydroxyl groups is 1. The van der Waals surface area contributed by atoms with Crippen molar-refractivity contribution < 1.29 is 9.50 Å². The van der Waals surface area contributed by atoms with Gasteiger partial charge < -0.3 is 10.4 Å². The predicted molar refractivity (Wildman–Crippen MR) is 80.5 cm³/mol. The fraction of sp³-hybridized carbons (Fsp3) is 0.294. The molecular weight excluding hydrogens is 253 g/mol. The number of benzene rings is 2. The maximum Gasteiger partial charge on any atom is 0.166 e. The van der Waals surface area contributed by atoms with Gasteiger partial charge in [-0.25, -0.2) is 4.39 Å². The van der Waals surface area contributed by atoms with Crippen LogP contribution in [0.4, 0.5) is 10.1 Å². The largest absolute Gasteiger partial charge is 0.505 e. The van der Waals surface area contributed by atoms with Crippen LogP contribution in [-0.2, 0) is 6.42 Å². The first-order valence-electron chi connectivity index (χ1n) is 6.98. The molecule has 20 heavy (non-hydrogen) atoms. The molecule has 0 saturated carbocycles. The molecule has 0 aromatic heterocycles. The van der Waals surface area contributed by atoms with Crippen LogP contribution in [0.1, 0.15) is 37.4 Å². The number of hydrogen-bond donors (Lipinski definition) is 2. The number of phenolic OH excluding ortho intramolecular Hbond substituents is 1. The summed E-state index contributed by atoms with van der Waals surface area (Å²) in [5.74, 6) is -0.929. The molecule has 1 unspecified atom stereocenters. The second-order valence-electron chi connectivity index (χ2n) is 4.87. The monoisotopic (exact) mass is 273 g/mol. The molecule has 106 valence electrons. The van der Waals surface area contributed by atoms with Crippen LogP contribution in [-0.4, -0.2) is 5.11 Å². The van der Waals surface area contributed by atoms with Crippen LogP contribution in [0.3, 0.4) is 0 Å². The number of phenols is 1. The van der Waals surface area contributed by atoms with Crippen molar-refractivity contribution in [1.29, 1.82) is 0 Å². The first kappa shape index (κ1) is 14.4. The molecule has 2 nitrogen and oxygen atoms in total. The Bertz CT molecular complexity index is 566. The highest BCUT2D eigenvalue weighted by atomic mass is 19.1. The molecule has 0 aliphatic rings. The molecule has 0 bridgehead atoms. The van der Waals surface area contributed by atoms with Crippen molar-refractivity contribution in [2.24, 2.45) is 0 Å². The van der Waals surface area contributed by atoms with Crippen LogP contribution in [0.15, 0.2) is 42.5 Å². The minimum Gasteiger partial charge on any atom is -0.505 e. The molecule has 0 heterocycles. The van der Waals surface area contributed by atoms with Crippen molar-refractivity contribution in [1.82, 2.24) is 0 Å². The van der Waals surface area contributed by atoms with Crippen LogP contribution in [0.2, 0.25) is 0 Å². The summed E-state index contributed by atoms with van der Waals surface area (Å²) < 4.78 is 13.3. The van der Waals surface area contributed by atoms with Crippen molar-refractivity contribution >= 4 is 5.69 Å². The molecule has 1 atom stereocenters. The molecule has 0 fully saturated rings. The third-order valence-corrected chi connectivity index (χ3v) is 3.49. The van der Waals surface area contributed by atoms with E-state index in [4.69, 9.17) is 0 Å². The first-order chi connectivity index (χ1) is 9.63. The quantitative estimate of drug-likeness (QED) is 0.777. The molecule has 0 amide bonds. The number of aryl methyl sites for hydroxylation is 1. The van der Waals surface area contributed by atoms with Gasteiger partial charge in [-0.3, -0.25) is 0 Å². The lowest BCUT2D eigenvalue weighted by atomic mass is 10.0. The number of rotatable bonds is 5. The zero-order chi connectivity index (χ0) is 14.5. The topological polar surface area (TPSA) is 32.3 Å². The van der Waals surface area contributed by atoms with Crippen molar-refractivity contribution in [2.45, 2.75) is 32.7 Å². The van der Waals surface area contributed by atoms with Gasteiger partial charge in [-0.1, -0.05) is 38.1 Å². The highest BCUT2D eigenvalue weighted by Gasteiger charge is 2.10. The van der Waals surface area contributed by atoms with Crippen LogP contribution >= 0.6 is 0 Å². The maximum absolute atomic E-state index is 13.3. The Labute approximate surface area is 119 Å². The van der Waals surface area contributed by atoms with Gasteiger partial charge in [-0.05, 0) is 36.1 Å². The average molecular weight is 273 g/mol. The second kappa shape index (κ2) is 6.42. The Morgan fingerprint density at radius 1 is 1.10 bits per heavy atom. The molecule has 0 saturated heterocycles. The van der Waals surface area contributed by atoms with Crippen LogP contribution < -0.4 is 5.32 Å². The zero-order valence-corrected chi connectivity index (χ0v) is 11.9. The SMILES string of the molecule is CCc1ccc(C(CC)Nc2ccc(O)c(F)c2)cc1. The highest BCUT2D eigenvalue weighted by Crippen LogP contribution is 2.26. The van der Waals surface area contributed by atoms with Crippen molar-refractivity contribution in [3.05, 3.63) is 59.4 Å². The van der Waals surface area contributed by atoms with Gasteiger partial charge in [0.1, 0.15) is 0 Å². The van der Waals surface area contributed by atoms with E-state index in [-0.39, 0.29) is 11.8 Å². The van der Waals surface area contributed by atoms with E-state index >= 15 is 0 Å². The molecule has 2 aromatic carbocycles. The summed E-state index contributed by atoms with van der Waals surface area (Å²) in [6.07, 6.45) is 1.92. The Balaban J connectivity index is 2.16. The molecule has 3 heteroatoms. The summed E-state index contributed by atoms with van der Waals surface area (Å²) in [5, 5.41) is 12.5. The molecule has 2 aromatic rings. The summed E-state index contributed by atoms with van der Waals surface area (Å²) in [5.41, 5.74) is 3.16. The molecule has 0 spiro atoms. The van der Waals surface area contributed by atoms with E-state index in [9.17, 15) is 9.50 Å². The van der Waals surface area contributed by atoms with Gasteiger partial charge in [0.15, 0.2) is 11.6 Å². The Morgan fingerprint density at radius 3 is 2.35 bits per heavy atom. The molecule has 0 aliphatic carbocycles. The van der Waals surface area contributed by atoms with Gasteiger partial charge in [-0.2, -0.15) is 0 Å². The highest BCUT2D eigenvalue weighted by molar-refractivity contribution is 5.48. The van der Waals surface area contributed by atoms with Crippen LogP contribution in [0.5, 0.6) is 5.75 Å². The van der Waals surface area contributed by atoms with E-state index < -0.39 is 5.82 Å². The third kappa shape index (κ3) is 3.29. The molecular formula is C17H20FNO. The minimum atomic E-state index is -0.605. The fourth-order valence-corrected chi connectivity index (χ4v) is 2.20. The number of halogens is 1. The van der Waals surface area contributed by atoms with Gasteiger partial charge in [-0.15, -0.1) is 0 Å². The summed E-state index contributed by atoms with van der Waals surface area (Å²) in [6.45, 7) is 4.21. The van der Waals surface area contributed by atoms with Gasteiger partial charge >= 0.3 is 0 Å². The lowest BCUT2D eigenvalue weighted by Crippen LogP contribution is -2.09. The van der Waals surface area contributed by atoms with E-state index in [1.54, 1.807) is 6.07 Å². The Hall–Kier alpha value is -2.03. The van der Waals surface area contributed by atoms with E-state index in [0.29, 0.717) is 5.69 Å². The van der Waals surface area contributed by atoms with E-state index in [1.165, 1.54) is 23.3 Å². The fourth-order valence-electron chi connectivity index (χ4n) is 2.20. The Kier molecular flexibility index (Phi) is 4.61. The standard InChI is InChI=1S/C17H20FNO/c1-3-12-5-7-13(8-6-12)16(4-2)19-14-9-10-17(20)15(18)11-14/h5-11,16,19-20H,3-4H2,1-2H3. The molecule has 2 rings (SSSR count). The van der Waals surface area contributed by atoms with Crippen molar-refractivity contribution in [3.63, 3.8) is 0 Å². The van der Waals surface area contributed by atoms with E-state index in [1.807, 2.05) is 0 Å². The zero-order valence-electron chi connectivity index (χ0n) is 11.9. The minimum absolute atomic E-state index is 0.129. The smallest absolute Gasteiger partial charge is 0.166 e. The van der Waals surface area contributed by atoms with Crippen LogP contribution in [0, 0.1) is 5.82 Å². The summed E-state index contributed by atoms with van der Waals surface area (Å²) in [7, 11) is 0. The summed E-state index contributed by atoms with van der Waals surface area (Å²) in [6, 6.07) is 13.0. The van der Waals surface area contributed by atoms with Crippen molar-refractivity contribution in [2.75, 3.05) is 5.32 Å². The third-order valence-electron chi connectivity index (χ3n) is 3.49. The average Bonchev–Trinajstić information content (AvgIpc) is 2.48. The van der Waals surface area contributed by atoms with Crippen LogP contribution in [0.25, 0.3) is 0 Å². The predicted octanol–water partition coefficient (Wildman–Crippen LogP) is 4.66. The second-order valence-corrected chi connectivity index (χ2v) is 4.87. The van der Waals surface area contributed by atoms with E-state index in [0.717, 1.165) is 12.8 Å². The van der Waals surface area contributed by atoms with Gasteiger partial charge in [0, 0.05) is 11.8 Å². The normalized spacial score (nSPS) is 12.2. The lowest BCUT2D eigenvalue weighted by molar-refractivity contribution is 0.432. The molecule has 0 aliphatic heterocycles. The van der Waals surface area contributed by atoms with Gasteiger partial charge in [0.05, 0.1) is 6.04 Å². The maximum atomic E-state index is 13.3. The number of nitrogens with one attached hydrogen (secondary N) is 1. The number of hydrogen-bond acceptors (Lipinski definition) is 2. The Morgan fingerprint density at radius 2 is 1.80 bits per heavy atom. The number of anilines is 1. The van der Waals surface area contributed by atoms with Gasteiger partial charge in [0.25, 0.3) is 0 Å².